The number of fused-ring (bicyclic) bond motifs is 1. The van der Waals surface area contributed by atoms with Gasteiger partial charge in [0, 0.05) is 23.1 Å². The number of imide groups is 1. The zero-order valence-corrected chi connectivity index (χ0v) is 17.6. The lowest BCUT2D eigenvalue weighted by atomic mass is 9.97. The van der Waals surface area contributed by atoms with Gasteiger partial charge in [0.25, 0.3) is 5.91 Å². The van der Waals surface area contributed by atoms with Crippen LogP contribution in [0.5, 0.6) is 11.5 Å². The molecule has 0 aliphatic carbocycles. The second kappa shape index (κ2) is 7.86. The van der Waals surface area contributed by atoms with E-state index in [1.54, 1.807) is 32.4 Å². The molecule has 2 aliphatic heterocycles. The molecule has 29 heavy (non-hydrogen) atoms. The number of carbonyl (C=O) groups is 2. The van der Waals surface area contributed by atoms with E-state index in [0.29, 0.717) is 40.3 Å². The maximum absolute atomic E-state index is 13.1. The smallest absolute Gasteiger partial charge is 0.251 e. The van der Waals surface area contributed by atoms with Crippen LogP contribution in [0.4, 0.5) is 5.69 Å². The highest BCUT2D eigenvalue weighted by Crippen LogP contribution is 2.36. The molecular weight excluding hydrogens is 415 g/mol. The monoisotopic (exact) mass is 434 g/mol. The Morgan fingerprint density at radius 2 is 1.55 bits per heavy atom. The van der Waals surface area contributed by atoms with Crippen LogP contribution >= 0.6 is 23.2 Å². The molecular formula is C21H20Cl2N2O4. The molecule has 0 bridgehead atoms. The SMILES string of the molecule is COc1cc2c(cc1OC)CN(C1CC(=O)N(c3cc(Cl)cc(Cl)c3)C1=O)CC2. The predicted molar refractivity (Wildman–Crippen MR) is 111 cm³/mol. The van der Waals surface area contributed by atoms with Gasteiger partial charge in [-0.2, -0.15) is 0 Å². The average Bonchev–Trinajstić information content (AvgIpc) is 2.99. The van der Waals surface area contributed by atoms with Crippen molar-refractivity contribution in [2.45, 2.75) is 25.4 Å². The summed E-state index contributed by atoms with van der Waals surface area (Å²) >= 11 is 12.1. The third kappa shape index (κ3) is 3.68. The Balaban J connectivity index is 1.59. The zero-order valence-electron chi connectivity index (χ0n) is 16.1. The molecule has 0 saturated carbocycles. The van der Waals surface area contributed by atoms with Crippen LogP contribution in [0.15, 0.2) is 30.3 Å². The van der Waals surface area contributed by atoms with Crippen molar-refractivity contribution in [3.63, 3.8) is 0 Å². The number of halogens is 2. The number of hydrogen-bond donors (Lipinski definition) is 0. The summed E-state index contributed by atoms with van der Waals surface area (Å²) < 4.78 is 10.8. The minimum absolute atomic E-state index is 0.131. The fourth-order valence-corrected chi connectivity index (χ4v) is 4.53. The third-order valence-corrected chi connectivity index (χ3v) is 5.85. The molecule has 2 heterocycles. The van der Waals surface area contributed by atoms with Crippen molar-refractivity contribution in [2.75, 3.05) is 25.7 Å². The number of anilines is 1. The average molecular weight is 435 g/mol. The van der Waals surface area contributed by atoms with Gasteiger partial charge in [0.05, 0.1) is 32.4 Å². The van der Waals surface area contributed by atoms with E-state index in [2.05, 4.69) is 0 Å². The Kier molecular flexibility index (Phi) is 5.42. The van der Waals surface area contributed by atoms with Gasteiger partial charge in [-0.25, -0.2) is 4.90 Å². The predicted octanol–water partition coefficient (Wildman–Crippen LogP) is 3.70. The van der Waals surface area contributed by atoms with Gasteiger partial charge in [0.15, 0.2) is 11.5 Å². The van der Waals surface area contributed by atoms with Crippen LogP contribution in [-0.4, -0.2) is 43.5 Å². The first-order valence-corrected chi connectivity index (χ1v) is 9.97. The van der Waals surface area contributed by atoms with Crippen molar-refractivity contribution < 1.29 is 19.1 Å². The minimum atomic E-state index is -0.512. The molecule has 2 aliphatic rings. The van der Waals surface area contributed by atoms with Crippen LogP contribution in [0.1, 0.15) is 17.5 Å². The van der Waals surface area contributed by atoms with E-state index in [1.165, 1.54) is 4.90 Å². The van der Waals surface area contributed by atoms with Gasteiger partial charge in [-0.15, -0.1) is 0 Å². The van der Waals surface area contributed by atoms with E-state index >= 15 is 0 Å². The number of rotatable bonds is 4. The quantitative estimate of drug-likeness (QED) is 0.686. The summed E-state index contributed by atoms with van der Waals surface area (Å²) in [4.78, 5) is 29.0. The highest BCUT2D eigenvalue weighted by molar-refractivity contribution is 6.35. The molecule has 6 nitrogen and oxygen atoms in total. The summed E-state index contributed by atoms with van der Waals surface area (Å²) in [7, 11) is 3.21. The van der Waals surface area contributed by atoms with Gasteiger partial charge >= 0.3 is 0 Å². The van der Waals surface area contributed by atoms with Crippen molar-refractivity contribution in [1.29, 1.82) is 0 Å². The number of carbonyl (C=O) groups excluding carboxylic acids is 2. The summed E-state index contributed by atoms with van der Waals surface area (Å²) in [5, 5.41) is 0.758. The largest absolute Gasteiger partial charge is 0.493 e. The highest BCUT2D eigenvalue weighted by Gasteiger charge is 2.43. The molecule has 0 spiro atoms. The number of nitrogens with zero attached hydrogens (tertiary/aromatic N) is 2. The molecule has 2 aromatic carbocycles. The number of benzene rings is 2. The Hall–Kier alpha value is -2.28. The summed E-state index contributed by atoms with van der Waals surface area (Å²) in [5.74, 6) is 0.835. The summed E-state index contributed by atoms with van der Waals surface area (Å²) in [6.45, 7) is 1.24. The molecule has 2 aromatic rings. The fraction of sp³-hybridized carbons (Fsp3) is 0.333. The topological polar surface area (TPSA) is 59.1 Å². The normalized spacial score (nSPS) is 19.4. The van der Waals surface area contributed by atoms with E-state index in [1.807, 2.05) is 17.0 Å². The zero-order chi connectivity index (χ0) is 20.7. The Labute approximate surface area is 178 Å². The van der Waals surface area contributed by atoms with Gasteiger partial charge < -0.3 is 9.47 Å². The lowest BCUT2D eigenvalue weighted by molar-refractivity contribution is -0.123. The first-order chi connectivity index (χ1) is 13.9. The molecule has 1 saturated heterocycles. The van der Waals surface area contributed by atoms with Gasteiger partial charge in [0.2, 0.25) is 5.91 Å². The van der Waals surface area contributed by atoms with Crippen LogP contribution in [0.3, 0.4) is 0 Å². The molecule has 1 unspecified atom stereocenters. The standard InChI is InChI=1S/C21H20Cl2N2O4/c1-28-18-5-12-3-4-24(11-13(12)6-19(18)29-2)17-10-20(26)25(21(17)27)16-8-14(22)7-15(23)9-16/h5-9,17H,3-4,10-11H2,1-2H3. The maximum atomic E-state index is 13.1. The van der Waals surface area contributed by atoms with Crippen LogP contribution in [0.2, 0.25) is 10.0 Å². The van der Waals surface area contributed by atoms with E-state index in [4.69, 9.17) is 32.7 Å². The van der Waals surface area contributed by atoms with E-state index < -0.39 is 6.04 Å². The van der Waals surface area contributed by atoms with Crippen LogP contribution in [0.25, 0.3) is 0 Å². The van der Waals surface area contributed by atoms with E-state index in [0.717, 1.165) is 17.5 Å². The van der Waals surface area contributed by atoms with Crippen LogP contribution in [0, 0.1) is 0 Å². The van der Waals surface area contributed by atoms with E-state index in [-0.39, 0.29) is 18.2 Å². The molecule has 2 amide bonds. The Morgan fingerprint density at radius 3 is 2.17 bits per heavy atom. The van der Waals surface area contributed by atoms with Crippen LogP contribution < -0.4 is 14.4 Å². The summed E-state index contributed by atoms with van der Waals surface area (Å²) in [6, 6.07) is 8.13. The molecule has 152 valence electrons. The number of ether oxygens (including phenoxy) is 2. The summed E-state index contributed by atoms with van der Waals surface area (Å²) in [5.41, 5.74) is 2.64. The first kappa shape index (κ1) is 20.0. The Morgan fingerprint density at radius 1 is 0.931 bits per heavy atom. The van der Waals surface area contributed by atoms with E-state index in [9.17, 15) is 9.59 Å². The number of amides is 2. The minimum Gasteiger partial charge on any atom is -0.493 e. The molecule has 0 N–H and O–H groups in total. The molecule has 8 heteroatoms. The Bertz CT molecular complexity index is 975. The fourth-order valence-electron chi connectivity index (χ4n) is 4.01. The molecule has 0 aromatic heterocycles. The van der Waals surface area contributed by atoms with Gasteiger partial charge in [-0.3, -0.25) is 14.5 Å². The van der Waals surface area contributed by atoms with Crippen molar-refractivity contribution in [3.05, 3.63) is 51.5 Å². The molecule has 1 fully saturated rings. The van der Waals surface area contributed by atoms with Gasteiger partial charge in [-0.05, 0) is 47.9 Å². The van der Waals surface area contributed by atoms with Gasteiger partial charge in [-0.1, -0.05) is 23.2 Å². The second-order valence-electron chi connectivity index (χ2n) is 7.11. The van der Waals surface area contributed by atoms with Crippen molar-refractivity contribution in [3.8, 4) is 11.5 Å². The lowest BCUT2D eigenvalue weighted by Gasteiger charge is -2.32. The highest BCUT2D eigenvalue weighted by atomic mass is 35.5. The number of hydrogen-bond acceptors (Lipinski definition) is 5. The summed E-state index contributed by atoms with van der Waals surface area (Å²) in [6.07, 6.45) is 0.891. The molecule has 0 radical (unpaired) electrons. The maximum Gasteiger partial charge on any atom is 0.251 e. The molecule has 1 atom stereocenters. The molecule has 4 rings (SSSR count). The number of methoxy groups -OCH3 is 2. The first-order valence-electron chi connectivity index (χ1n) is 9.22. The van der Waals surface area contributed by atoms with Gasteiger partial charge in [0.1, 0.15) is 0 Å². The van der Waals surface area contributed by atoms with Crippen molar-refractivity contribution in [1.82, 2.24) is 4.90 Å². The third-order valence-electron chi connectivity index (χ3n) is 5.42. The lowest BCUT2D eigenvalue weighted by Crippen LogP contribution is -2.44. The van der Waals surface area contributed by atoms with Crippen LogP contribution in [-0.2, 0) is 22.6 Å². The second-order valence-corrected chi connectivity index (χ2v) is 7.98. The van der Waals surface area contributed by atoms with Crippen molar-refractivity contribution >= 4 is 40.7 Å². The van der Waals surface area contributed by atoms with Crippen molar-refractivity contribution in [2.24, 2.45) is 0 Å².